The number of nitrogens with one attached hydrogen (secondary N) is 1. The molecule has 1 saturated carbocycles. The Morgan fingerprint density at radius 3 is 2.38 bits per heavy atom. The van der Waals surface area contributed by atoms with Crippen LogP contribution in [0.5, 0.6) is 0 Å². The number of hydrogen-bond donors (Lipinski definition) is 1. The molecule has 3 rings (SSSR count). The molecule has 9 heteroatoms. The summed E-state index contributed by atoms with van der Waals surface area (Å²) in [4.78, 5) is 21.8. The molecule has 1 aliphatic rings. The predicted octanol–water partition coefficient (Wildman–Crippen LogP) is 4.53. The molecule has 156 valence electrons. The molecule has 1 aromatic heterocycles. The van der Waals surface area contributed by atoms with E-state index in [9.17, 15) is 18.0 Å². The maximum absolute atomic E-state index is 13.2. The fourth-order valence-electron chi connectivity index (χ4n) is 2.73. The van der Waals surface area contributed by atoms with Gasteiger partial charge in [-0.25, -0.2) is 9.97 Å². The Bertz CT molecular complexity index is 850. The van der Waals surface area contributed by atoms with Crippen LogP contribution in [0.2, 0.25) is 0 Å². The zero-order chi connectivity index (χ0) is 21.0. The lowest BCUT2D eigenvalue weighted by Gasteiger charge is -2.21. The van der Waals surface area contributed by atoms with Gasteiger partial charge in [-0.1, -0.05) is 23.9 Å². The van der Waals surface area contributed by atoms with Crippen molar-refractivity contribution in [3.05, 3.63) is 47.2 Å². The number of anilines is 1. The van der Waals surface area contributed by atoms with E-state index in [1.165, 1.54) is 0 Å². The lowest BCUT2D eigenvalue weighted by atomic mass is 10.1. The number of nitrogens with zero attached hydrogens (tertiary/aromatic N) is 3. The third kappa shape index (κ3) is 5.85. The molecule has 2 aromatic rings. The molecule has 1 N–H and O–H groups in total. The average Bonchev–Trinajstić information content (AvgIpc) is 3.51. The van der Waals surface area contributed by atoms with Gasteiger partial charge in [0.15, 0.2) is 10.9 Å². The number of hydrogen-bond acceptors (Lipinski definition) is 5. The maximum Gasteiger partial charge on any atom is 0.433 e. The highest BCUT2D eigenvalue weighted by molar-refractivity contribution is 7.98. The Balaban J connectivity index is 1.71. The molecule has 1 fully saturated rings. The average molecular weight is 424 g/mol. The molecule has 0 atom stereocenters. The molecule has 29 heavy (non-hydrogen) atoms. The molecule has 1 aromatic carbocycles. The molecule has 0 radical (unpaired) electrons. The summed E-state index contributed by atoms with van der Waals surface area (Å²) in [6, 6.07) is 8.33. The van der Waals surface area contributed by atoms with Crippen LogP contribution in [0.3, 0.4) is 0 Å². The second kappa shape index (κ2) is 9.02. The number of carbonyl (C=O) groups excluding carboxylic acids is 1. The van der Waals surface area contributed by atoms with Gasteiger partial charge in [0.05, 0.1) is 0 Å². The first kappa shape index (κ1) is 21.4. The minimum Gasteiger partial charge on any atom is -0.357 e. The van der Waals surface area contributed by atoms with Crippen molar-refractivity contribution >= 4 is 23.5 Å². The minimum atomic E-state index is -4.53. The van der Waals surface area contributed by atoms with E-state index in [4.69, 9.17) is 0 Å². The van der Waals surface area contributed by atoms with Gasteiger partial charge in [0, 0.05) is 36.5 Å². The number of amides is 1. The maximum atomic E-state index is 13.2. The Labute approximate surface area is 172 Å². The van der Waals surface area contributed by atoms with Gasteiger partial charge < -0.3 is 10.2 Å². The van der Waals surface area contributed by atoms with E-state index in [1.807, 2.05) is 13.8 Å². The topological polar surface area (TPSA) is 58.1 Å². The normalized spacial score (nSPS) is 14.0. The van der Waals surface area contributed by atoms with Crippen LogP contribution >= 0.6 is 11.8 Å². The number of thioether (sulfide) groups is 1. The van der Waals surface area contributed by atoms with Crippen molar-refractivity contribution in [3.63, 3.8) is 0 Å². The standard InChI is InChI=1S/C20H23F3N4OS/c1-3-27(4-2)17-11-16(20(21,22)23)25-19(26-17)29-12-13-5-7-14(8-6-13)18(28)24-15-9-10-15/h5-8,11,15H,3-4,9-10,12H2,1-2H3,(H,24,28). The van der Waals surface area contributed by atoms with Crippen molar-refractivity contribution in [3.8, 4) is 0 Å². The van der Waals surface area contributed by atoms with E-state index in [1.54, 1.807) is 29.2 Å². The molecule has 0 bridgehead atoms. The summed E-state index contributed by atoms with van der Waals surface area (Å²) in [5.74, 6) is 0.576. The van der Waals surface area contributed by atoms with Crippen LogP contribution < -0.4 is 10.2 Å². The van der Waals surface area contributed by atoms with E-state index in [2.05, 4.69) is 15.3 Å². The number of halogens is 3. The highest BCUT2D eigenvalue weighted by atomic mass is 32.2. The zero-order valence-electron chi connectivity index (χ0n) is 16.3. The van der Waals surface area contributed by atoms with E-state index in [0.717, 1.165) is 36.2 Å². The largest absolute Gasteiger partial charge is 0.433 e. The van der Waals surface area contributed by atoms with Crippen molar-refractivity contribution in [1.29, 1.82) is 0 Å². The summed E-state index contributed by atoms with van der Waals surface area (Å²) in [6.07, 6.45) is -2.49. The van der Waals surface area contributed by atoms with Crippen molar-refractivity contribution in [2.45, 2.75) is 49.8 Å². The molecule has 5 nitrogen and oxygen atoms in total. The Morgan fingerprint density at radius 2 is 1.83 bits per heavy atom. The van der Waals surface area contributed by atoms with Gasteiger partial charge in [0.25, 0.3) is 5.91 Å². The fourth-order valence-corrected chi connectivity index (χ4v) is 3.54. The Kier molecular flexibility index (Phi) is 6.66. The fraction of sp³-hybridized carbons (Fsp3) is 0.450. The molecule has 0 unspecified atom stereocenters. The van der Waals surface area contributed by atoms with Gasteiger partial charge in [-0.2, -0.15) is 13.2 Å². The van der Waals surface area contributed by atoms with Crippen LogP contribution in [0.1, 0.15) is 48.3 Å². The molecule has 0 saturated heterocycles. The number of carbonyl (C=O) groups is 1. The number of aromatic nitrogens is 2. The quantitative estimate of drug-likeness (QED) is 0.499. The lowest BCUT2D eigenvalue weighted by Crippen LogP contribution is -2.25. The van der Waals surface area contributed by atoms with Crippen molar-refractivity contribution in [1.82, 2.24) is 15.3 Å². The van der Waals surface area contributed by atoms with Crippen LogP contribution in [-0.2, 0) is 11.9 Å². The summed E-state index contributed by atoms with van der Waals surface area (Å²) in [6.45, 7) is 4.85. The second-order valence-corrected chi connectivity index (χ2v) is 7.74. The SMILES string of the molecule is CCN(CC)c1cc(C(F)(F)F)nc(SCc2ccc(C(=O)NC3CC3)cc2)n1. The molecule has 0 aliphatic heterocycles. The van der Waals surface area contributed by atoms with Gasteiger partial charge in [0.2, 0.25) is 0 Å². The summed E-state index contributed by atoms with van der Waals surface area (Å²) >= 11 is 1.14. The summed E-state index contributed by atoms with van der Waals surface area (Å²) in [7, 11) is 0. The molecule has 1 amide bonds. The summed E-state index contributed by atoms with van der Waals surface area (Å²) in [5.41, 5.74) is 0.511. The molecule has 1 aliphatic carbocycles. The number of rotatable bonds is 8. The molecular weight excluding hydrogens is 401 g/mol. The third-order valence-electron chi connectivity index (χ3n) is 4.57. The first-order valence-electron chi connectivity index (χ1n) is 9.54. The van der Waals surface area contributed by atoms with Crippen molar-refractivity contribution < 1.29 is 18.0 Å². The number of alkyl halides is 3. The van der Waals surface area contributed by atoms with Gasteiger partial charge in [0.1, 0.15) is 5.82 Å². The Morgan fingerprint density at radius 1 is 1.17 bits per heavy atom. The minimum absolute atomic E-state index is 0.0808. The summed E-state index contributed by atoms with van der Waals surface area (Å²) in [5, 5.41) is 3.00. The van der Waals surface area contributed by atoms with Crippen LogP contribution in [0.25, 0.3) is 0 Å². The summed E-state index contributed by atoms with van der Waals surface area (Å²) < 4.78 is 39.7. The van der Waals surface area contributed by atoms with Crippen molar-refractivity contribution in [2.24, 2.45) is 0 Å². The van der Waals surface area contributed by atoms with Crippen LogP contribution in [-0.4, -0.2) is 35.0 Å². The zero-order valence-corrected chi connectivity index (χ0v) is 17.1. The monoisotopic (exact) mass is 424 g/mol. The predicted molar refractivity (Wildman–Crippen MR) is 107 cm³/mol. The van der Waals surface area contributed by atoms with Crippen LogP contribution in [0.4, 0.5) is 19.0 Å². The van der Waals surface area contributed by atoms with Gasteiger partial charge in [-0.05, 0) is 44.4 Å². The van der Waals surface area contributed by atoms with Crippen LogP contribution in [0.15, 0.2) is 35.5 Å². The molecular formula is C20H23F3N4OS. The van der Waals surface area contributed by atoms with E-state index < -0.39 is 11.9 Å². The number of benzene rings is 1. The first-order chi connectivity index (χ1) is 13.8. The van der Waals surface area contributed by atoms with Gasteiger partial charge in [-0.3, -0.25) is 4.79 Å². The molecule has 1 heterocycles. The van der Waals surface area contributed by atoms with Crippen molar-refractivity contribution in [2.75, 3.05) is 18.0 Å². The molecule has 0 spiro atoms. The lowest BCUT2D eigenvalue weighted by molar-refractivity contribution is -0.141. The van der Waals surface area contributed by atoms with Gasteiger partial charge >= 0.3 is 6.18 Å². The highest BCUT2D eigenvalue weighted by Gasteiger charge is 2.34. The second-order valence-electron chi connectivity index (χ2n) is 6.80. The van der Waals surface area contributed by atoms with Crippen LogP contribution in [0, 0.1) is 0 Å². The first-order valence-corrected chi connectivity index (χ1v) is 10.5. The van der Waals surface area contributed by atoms with Gasteiger partial charge in [-0.15, -0.1) is 0 Å². The Hall–Kier alpha value is -2.29. The van der Waals surface area contributed by atoms with E-state index >= 15 is 0 Å². The third-order valence-corrected chi connectivity index (χ3v) is 5.49. The van der Waals surface area contributed by atoms with E-state index in [-0.39, 0.29) is 22.9 Å². The van der Waals surface area contributed by atoms with E-state index in [0.29, 0.717) is 24.4 Å². The highest BCUT2D eigenvalue weighted by Crippen LogP contribution is 2.32. The smallest absolute Gasteiger partial charge is 0.357 e.